The largest absolute Gasteiger partial charge is 0.493 e. The maximum Gasteiger partial charge on any atom is 0.263 e. The Hall–Kier alpha value is -3.55. The van der Waals surface area contributed by atoms with Gasteiger partial charge < -0.3 is 18.9 Å². The van der Waals surface area contributed by atoms with Crippen molar-refractivity contribution in [2.75, 3.05) is 20.8 Å². The summed E-state index contributed by atoms with van der Waals surface area (Å²) in [6, 6.07) is 7.53. The van der Waals surface area contributed by atoms with Gasteiger partial charge in [-0.2, -0.15) is 5.10 Å². The van der Waals surface area contributed by atoms with Crippen molar-refractivity contribution in [1.82, 2.24) is 19.7 Å². The molecule has 2 aromatic heterocycles. The topological polar surface area (TPSA) is 89.5 Å². The molecule has 4 rings (SSSR count). The first-order valence-corrected chi connectivity index (χ1v) is 10.2. The molecule has 0 radical (unpaired) electrons. The Morgan fingerprint density at radius 1 is 1.19 bits per heavy atom. The maximum absolute atomic E-state index is 13.2. The summed E-state index contributed by atoms with van der Waals surface area (Å²) in [6.07, 6.45) is 4.83. The van der Waals surface area contributed by atoms with Crippen molar-refractivity contribution in [3.05, 3.63) is 75.0 Å². The van der Waals surface area contributed by atoms with E-state index in [0.29, 0.717) is 49.5 Å². The number of aryl methyl sites for hydroxylation is 3. The van der Waals surface area contributed by atoms with Gasteiger partial charge in [-0.1, -0.05) is 6.07 Å². The molecule has 3 heterocycles. The molecule has 0 atom stereocenters. The fourth-order valence-corrected chi connectivity index (χ4v) is 3.94. The summed E-state index contributed by atoms with van der Waals surface area (Å²) in [6.45, 7) is 3.29. The monoisotopic (exact) mass is 422 g/mol. The van der Waals surface area contributed by atoms with Gasteiger partial charge in [-0.25, -0.2) is 0 Å². The Balaban J connectivity index is 1.54. The fourth-order valence-electron chi connectivity index (χ4n) is 3.94. The van der Waals surface area contributed by atoms with E-state index < -0.39 is 0 Å². The van der Waals surface area contributed by atoms with Crippen LogP contribution in [0.4, 0.5) is 0 Å². The van der Waals surface area contributed by atoms with Gasteiger partial charge in [0.15, 0.2) is 11.5 Å². The van der Waals surface area contributed by atoms with Crippen molar-refractivity contribution in [2.45, 2.75) is 32.9 Å². The Bertz CT molecular complexity index is 1160. The summed E-state index contributed by atoms with van der Waals surface area (Å²) >= 11 is 0. The number of benzene rings is 1. The highest BCUT2D eigenvalue weighted by atomic mass is 16.5. The van der Waals surface area contributed by atoms with Crippen LogP contribution in [0.15, 0.2) is 41.5 Å². The van der Waals surface area contributed by atoms with Crippen LogP contribution in [0.1, 0.15) is 32.7 Å². The van der Waals surface area contributed by atoms with Crippen molar-refractivity contribution in [1.29, 1.82) is 0 Å². The van der Waals surface area contributed by atoms with Crippen LogP contribution in [-0.2, 0) is 25.9 Å². The predicted molar refractivity (Wildman–Crippen MR) is 116 cm³/mol. The number of pyridine rings is 1. The number of carbonyl (C=O) groups excluding carboxylic acids is 1. The van der Waals surface area contributed by atoms with Crippen LogP contribution in [0, 0.1) is 6.92 Å². The smallest absolute Gasteiger partial charge is 0.263 e. The van der Waals surface area contributed by atoms with E-state index in [0.717, 1.165) is 16.8 Å². The van der Waals surface area contributed by atoms with Crippen LogP contribution in [0.2, 0.25) is 0 Å². The molecule has 1 aliphatic heterocycles. The summed E-state index contributed by atoms with van der Waals surface area (Å²) < 4.78 is 12.2. The summed E-state index contributed by atoms with van der Waals surface area (Å²) in [5, 5.41) is 7.02. The summed E-state index contributed by atoms with van der Waals surface area (Å²) in [5.74, 6) is 1.08. The number of nitrogens with zero attached hydrogens (tertiary/aromatic N) is 3. The van der Waals surface area contributed by atoms with Gasteiger partial charge in [-0.3, -0.25) is 14.7 Å². The number of H-pyrrole nitrogens is 1. The molecule has 3 aromatic rings. The van der Waals surface area contributed by atoms with Gasteiger partial charge in [0.25, 0.3) is 11.5 Å². The molecule has 0 saturated carbocycles. The number of hydrogen-bond donors (Lipinski definition) is 1. The molecule has 0 fully saturated rings. The third-order valence-electron chi connectivity index (χ3n) is 5.76. The lowest BCUT2D eigenvalue weighted by atomic mass is 10.1. The SMILES string of the molecule is COc1ccc(CCn2ccc(C)c(C(=O)N3CCc4[nH]ncc4C3)c2=O)cc1OC. The lowest BCUT2D eigenvalue weighted by molar-refractivity contribution is 0.0731. The lowest BCUT2D eigenvalue weighted by Crippen LogP contribution is -2.40. The van der Waals surface area contributed by atoms with Gasteiger partial charge in [0.2, 0.25) is 0 Å². The second-order valence-corrected chi connectivity index (χ2v) is 7.66. The van der Waals surface area contributed by atoms with Gasteiger partial charge in [-0.15, -0.1) is 0 Å². The van der Waals surface area contributed by atoms with Gasteiger partial charge in [0.05, 0.1) is 20.4 Å². The van der Waals surface area contributed by atoms with Gasteiger partial charge in [0, 0.05) is 43.5 Å². The first-order valence-electron chi connectivity index (χ1n) is 10.2. The molecule has 8 nitrogen and oxygen atoms in total. The number of nitrogens with one attached hydrogen (secondary N) is 1. The summed E-state index contributed by atoms with van der Waals surface area (Å²) in [7, 11) is 3.19. The van der Waals surface area contributed by atoms with Crippen molar-refractivity contribution in [3.63, 3.8) is 0 Å². The van der Waals surface area contributed by atoms with E-state index in [9.17, 15) is 9.59 Å². The second-order valence-electron chi connectivity index (χ2n) is 7.66. The minimum absolute atomic E-state index is 0.227. The molecule has 0 spiro atoms. The number of hydrogen-bond acceptors (Lipinski definition) is 5. The lowest BCUT2D eigenvalue weighted by Gasteiger charge is -2.27. The molecule has 1 aromatic carbocycles. The minimum atomic E-state index is -0.261. The van der Waals surface area contributed by atoms with E-state index in [2.05, 4.69) is 10.2 Å². The maximum atomic E-state index is 13.2. The van der Waals surface area contributed by atoms with E-state index in [-0.39, 0.29) is 17.0 Å². The molecule has 1 N–H and O–H groups in total. The third-order valence-corrected chi connectivity index (χ3v) is 5.76. The highest BCUT2D eigenvalue weighted by Crippen LogP contribution is 2.27. The number of ether oxygens (including phenoxy) is 2. The van der Waals surface area contributed by atoms with Crippen LogP contribution < -0.4 is 15.0 Å². The van der Waals surface area contributed by atoms with Crippen molar-refractivity contribution < 1.29 is 14.3 Å². The van der Waals surface area contributed by atoms with Gasteiger partial charge in [-0.05, 0) is 42.7 Å². The van der Waals surface area contributed by atoms with Crippen molar-refractivity contribution >= 4 is 5.91 Å². The van der Waals surface area contributed by atoms with Crippen LogP contribution in [0.3, 0.4) is 0 Å². The average molecular weight is 422 g/mol. The van der Waals surface area contributed by atoms with E-state index in [1.807, 2.05) is 24.3 Å². The highest BCUT2D eigenvalue weighted by Gasteiger charge is 2.26. The third kappa shape index (κ3) is 4.05. The quantitative estimate of drug-likeness (QED) is 0.659. The number of rotatable bonds is 6. The molecule has 0 saturated heterocycles. The van der Waals surface area contributed by atoms with Crippen LogP contribution >= 0.6 is 0 Å². The van der Waals surface area contributed by atoms with E-state index >= 15 is 0 Å². The number of carbonyl (C=O) groups is 1. The van der Waals surface area contributed by atoms with Crippen LogP contribution in [0.25, 0.3) is 0 Å². The molecule has 162 valence electrons. The summed E-state index contributed by atoms with van der Waals surface area (Å²) in [5.41, 5.74) is 3.74. The molecule has 0 unspecified atom stereocenters. The summed E-state index contributed by atoms with van der Waals surface area (Å²) in [4.78, 5) is 28.1. The Morgan fingerprint density at radius 3 is 2.77 bits per heavy atom. The first-order chi connectivity index (χ1) is 15.0. The fraction of sp³-hybridized carbons (Fsp3) is 0.348. The predicted octanol–water partition coefficient (Wildman–Crippen LogP) is 2.34. The molecule has 0 aliphatic carbocycles. The zero-order chi connectivity index (χ0) is 22.0. The Labute approximate surface area is 180 Å². The number of aromatic amines is 1. The number of methoxy groups -OCH3 is 2. The molecule has 1 aliphatic rings. The van der Waals surface area contributed by atoms with E-state index in [1.165, 1.54) is 0 Å². The van der Waals surface area contributed by atoms with Crippen LogP contribution in [0.5, 0.6) is 11.5 Å². The van der Waals surface area contributed by atoms with Gasteiger partial charge in [0.1, 0.15) is 5.56 Å². The van der Waals surface area contributed by atoms with E-state index in [4.69, 9.17) is 9.47 Å². The average Bonchev–Trinajstić information content (AvgIpc) is 3.26. The molecule has 31 heavy (non-hydrogen) atoms. The van der Waals surface area contributed by atoms with Crippen molar-refractivity contribution in [2.24, 2.45) is 0 Å². The molecule has 0 bridgehead atoms. The highest BCUT2D eigenvalue weighted by molar-refractivity contribution is 5.95. The van der Waals surface area contributed by atoms with Crippen molar-refractivity contribution in [3.8, 4) is 11.5 Å². The Kier molecular flexibility index (Phi) is 5.79. The zero-order valence-corrected chi connectivity index (χ0v) is 18.0. The van der Waals surface area contributed by atoms with Gasteiger partial charge >= 0.3 is 0 Å². The first kappa shape index (κ1) is 20.7. The molecular weight excluding hydrogens is 396 g/mol. The minimum Gasteiger partial charge on any atom is -0.493 e. The zero-order valence-electron chi connectivity index (χ0n) is 18.0. The standard InChI is InChI=1S/C23H26N4O4/c1-15-6-9-26(10-7-16-4-5-19(30-2)20(12-16)31-3)22(28)21(15)23(29)27-11-8-18-17(14-27)13-24-25-18/h4-6,9,12-13H,7-8,10-11,14H2,1-3H3,(H,24,25). The number of amides is 1. The molecular formula is C23H26N4O4. The molecule has 1 amide bonds. The Morgan fingerprint density at radius 2 is 2.00 bits per heavy atom. The second kappa shape index (κ2) is 8.67. The normalized spacial score (nSPS) is 13.1. The molecule has 8 heteroatoms. The number of fused-ring (bicyclic) bond motifs is 1. The van der Waals surface area contributed by atoms with Crippen LogP contribution in [-0.4, -0.2) is 46.3 Å². The number of aromatic nitrogens is 3. The van der Waals surface area contributed by atoms with E-state index in [1.54, 1.807) is 43.0 Å².